The lowest BCUT2D eigenvalue weighted by atomic mass is 10.0. The highest BCUT2D eigenvalue weighted by atomic mass is 16.3. The van der Waals surface area contributed by atoms with Gasteiger partial charge in [-0.25, -0.2) is 4.79 Å². The molecule has 1 atom stereocenters. The minimum Gasteiger partial charge on any atom is -0.467 e. The predicted octanol–water partition coefficient (Wildman–Crippen LogP) is 0.770. The first kappa shape index (κ1) is 11.0. The summed E-state index contributed by atoms with van der Waals surface area (Å²) >= 11 is 0. The third-order valence-electron chi connectivity index (χ3n) is 2.81. The lowest BCUT2D eigenvalue weighted by Gasteiger charge is -2.32. The maximum atomic E-state index is 11.6. The zero-order valence-corrected chi connectivity index (χ0v) is 9.19. The molecule has 1 aliphatic rings. The number of hydrogen-bond acceptors (Lipinski definition) is 3. The Morgan fingerprint density at radius 1 is 1.62 bits per heavy atom. The molecule has 0 radical (unpaired) electrons. The first-order chi connectivity index (χ1) is 7.79. The Kier molecular flexibility index (Phi) is 3.46. The lowest BCUT2D eigenvalue weighted by Crippen LogP contribution is -2.50. The lowest BCUT2D eigenvalue weighted by molar-refractivity contribution is 0.157. The minimum atomic E-state index is -0.0235. The molecule has 1 aromatic rings. The molecule has 1 fully saturated rings. The second-order valence-corrected chi connectivity index (χ2v) is 4.09. The van der Waals surface area contributed by atoms with Crippen molar-refractivity contribution in [3.8, 4) is 0 Å². The van der Waals surface area contributed by atoms with Gasteiger partial charge in [-0.2, -0.15) is 0 Å². The fourth-order valence-corrected chi connectivity index (χ4v) is 1.96. The number of furan rings is 1. The largest absolute Gasteiger partial charge is 0.467 e. The summed E-state index contributed by atoms with van der Waals surface area (Å²) in [6.07, 6.45) is 2.56. The van der Waals surface area contributed by atoms with Gasteiger partial charge in [0.05, 0.1) is 12.8 Å². The van der Waals surface area contributed by atoms with Gasteiger partial charge in [0.25, 0.3) is 0 Å². The van der Waals surface area contributed by atoms with E-state index in [0.29, 0.717) is 19.0 Å². The van der Waals surface area contributed by atoms with E-state index in [4.69, 9.17) is 10.2 Å². The monoisotopic (exact) mass is 223 g/mol. The first-order valence-electron chi connectivity index (χ1n) is 5.55. The molecule has 3 N–H and O–H groups in total. The Morgan fingerprint density at radius 2 is 2.50 bits per heavy atom. The molecule has 0 aromatic carbocycles. The van der Waals surface area contributed by atoms with Gasteiger partial charge in [-0.1, -0.05) is 0 Å². The van der Waals surface area contributed by atoms with Crippen LogP contribution in [0.5, 0.6) is 0 Å². The van der Waals surface area contributed by atoms with Crippen molar-refractivity contribution < 1.29 is 9.21 Å². The van der Waals surface area contributed by atoms with Crippen LogP contribution in [0.4, 0.5) is 4.79 Å². The zero-order chi connectivity index (χ0) is 11.4. The summed E-state index contributed by atoms with van der Waals surface area (Å²) < 4.78 is 5.23. The molecule has 0 bridgehead atoms. The molecule has 1 unspecified atom stereocenters. The molecule has 5 nitrogen and oxygen atoms in total. The maximum Gasteiger partial charge on any atom is 0.317 e. The number of nitrogens with zero attached hydrogens (tertiary/aromatic N) is 1. The van der Waals surface area contributed by atoms with Gasteiger partial charge >= 0.3 is 6.03 Å². The fourth-order valence-electron chi connectivity index (χ4n) is 1.96. The molecule has 0 aliphatic carbocycles. The van der Waals surface area contributed by atoms with Crippen molar-refractivity contribution in [2.24, 2.45) is 11.7 Å². The summed E-state index contributed by atoms with van der Waals surface area (Å²) in [5.41, 5.74) is 5.53. The summed E-state index contributed by atoms with van der Waals surface area (Å²) in [6.45, 7) is 2.67. The molecule has 1 aromatic heterocycles. The van der Waals surface area contributed by atoms with Crippen molar-refractivity contribution in [3.05, 3.63) is 24.2 Å². The van der Waals surface area contributed by atoms with Crippen LogP contribution in [0.15, 0.2) is 22.8 Å². The number of rotatable bonds is 4. The highest BCUT2D eigenvalue weighted by Crippen LogP contribution is 2.13. The average Bonchev–Trinajstić information content (AvgIpc) is 2.76. The SMILES string of the molecule is NCCC1CNC(=O)N(Cc2ccco2)C1. The molecule has 88 valence electrons. The number of hydrogen-bond donors (Lipinski definition) is 2. The molecule has 2 rings (SSSR count). The summed E-state index contributed by atoms with van der Waals surface area (Å²) in [5, 5.41) is 2.87. The maximum absolute atomic E-state index is 11.6. The van der Waals surface area contributed by atoms with Crippen LogP contribution in [0.3, 0.4) is 0 Å². The smallest absolute Gasteiger partial charge is 0.317 e. The van der Waals surface area contributed by atoms with E-state index in [1.165, 1.54) is 0 Å². The average molecular weight is 223 g/mol. The van der Waals surface area contributed by atoms with Gasteiger partial charge in [0.1, 0.15) is 5.76 Å². The molecule has 0 spiro atoms. The van der Waals surface area contributed by atoms with Crippen molar-refractivity contribution in [1.29, 1.82) is 0 Å². The van der Waals surface area contributed by atoms with E-state index in [1.807, 2.05) is 12.1 Å². The highest BCUT2D eigenvalue weighted by molar-refractivity contribution is 5.74. The van der Waals surface area contributed by atoms with Crippen LogP contribution in [0, 0.1) is 5.92 Å². The predicted molar refractivity (Wildman–Crippen MR) is 59.7 cm³/mol. The Hall–Kier alpha value is -1.49. The Bertz CT molecular complexity index is 337. The van der Waals surface area contributed by atoms with E-state index in [-0.39, 0.29) is 6.03 Å². The standard InChI is InChI=1S/C11H17N3O2/c12-4-3-9-6-13-11(15)14(7-9)8-10-2-1-5-16-10/h1-2,5,9H,3-4,6-8,12H2,(H,13,15). The van der Waals surface area contributed by atoms with Crippen molar-refractivity contribution in [3.63, 3.8) is 0 Å². The molecule has 0 saturated carbocycles. The molecule has 2 amide bonds. The number of carbonyl (C=O) groups excluding carboxylic acids is 1. The van der Waals surface area contributed by atoms with Gasteiger partial charge < -0.3 is 20.4 Å². The van der Waals surface area contributed by atoms with Crippen molar-refractivity contribution in [1.82, 2.24) is 10.2 Å². The molecule has 5 heteroatoms. The summed E-state index contributed by atoms with van der Waals surface area (Å²) in [7, 11) is 0. The van der Waals surface area contributed by atoms with Crippen LogP contribution in [0.1, 0.15) is 12.2 Å². The molecule has 16 heavy (non-hydrogen) atoms. The topological polar surface area (TPSA) is 71.5 Å². The van der Waals surface area contributed by atoms with Gasteiger partial charge in [0.2, 0.25) is 0 Å². The van der Waals surface area contributed by atoms with Crippen LogP contribution in [-0.4, -0.2) is 30.6 Å². The fraction of sp³-hybridized carbons (Fsp3) is 0.545. The summed E-state index contributed by atoms with van der Waals surface area (Å²) in [6, 6.07) is 3.68. The normalized spacial score (nSPS) is 20.9. The van der Waals surface area contributed by atoms with Crippen molar-refractivity contribution in [2.45, 2.75) is 13.0 Å². The van der Waals surface area contributed by atoms with Gasteiger partial charge in [0.15, 0.2) is 0 Å². The van der Waals surface area contributed by atoms with Gasteiger partial charge in [-0.05, 0) is 31.0 Å². The van der Waals surface area contributed by atoms with Crippen LogP contribution in [-0.2, 0) is 6.54 Å². The van der Waals surface area contributed by atoms with Gasteiger partial charge in [-0.3, -0.25) is 0 Å². The second-order valence-electron chi connectivity index (χ2n) is 4.09. The third-order valence-corrected chi connectivity index (χ3v) is 2.81. The number of nitrogens with two attached hydrogens (primary N) is 1. The Balaban J connectivity index is 1.93. The van der Waals surface area contributed by atoms with Crippen LogP contribution < -0.4 is 11.1 Å². The van der Waals surface area contributed by atoms with E-state index < -0.39 is 0 Å². The minimum absolute atomic E-state index is 0.0235. The number of nitrogens with one attached hydrogen (secondary N) is 1. The quantitative estimate of drug-likeness (QED) is 0.792. The Morgan fingerprint density at radius 3 is 3.19 bits per heavy atom. The summed E-state index contributed by atoms with van der Waals surface area (Å²) in [4.78, 5) is 13.4. The molecular formula is C11H17N3O2. The van der Waals surface area contributed by atoms with Gasteiger partial charge in [0, 0.05) is 13.1 Å². The third kappa shape index (κ3) is 2.55. The first-order valence-corrected chi connectivity index (χ1v) is 5.55. The van der Waals surface area contributed by atoms with Crippen LogP contribution in [0.2, 0.25) is 0 Å². The zero-order valence-electron chi connectivity index (χ0n) is 9.19. The molecule has 2 heterocycles. The number of carbonyl (C=O) groups is 1. The molecule has 1 saturated heterocycles. The molecule has 1 aliphatic heterocycles. The number of amides is 2. The number of urea groups is 1. The summed E-state index contributed by atoms with van der Waals surface area (Å²) in [5.74, 6) is 1.25. The van der Waals surface area contributed by atoms with E-state index >= 15 is 0 Å². The highest BCUT2D eigenvalue weighted by Gasteiger charge is 2.25. The van der Waals surface area contributed by atoms with Crippen LogP contribution in [0.25, 0.3) is 0 Å². The van der Waals surface area contributed by atoms with E-state index in [2.05, 4.69) is 5.32 Å². The van der Waals surface area contributed by atoms with E-state index in [9.17, 15) is 4.79 Å². The Labute approximate surface area is 94.6 Å². The van der Waals surface area contributed by atoms with Crippen molar-refractivity contribution in [2.75, 3.05) is 19.6 Å². The van der Waals surface area contributed by atoms with Crippen molar-refractivity contribution >= 4 is 6.03 Å². The van der Waals surface area contributed by atoms with Gasteiger partial charge in [-0.15, -0.1) is 0 Å². The van der Waals surface area contributed by atoms with E-state index in [1.54, 1.807) is 11.2 Å². The van der Waals surface area contributed by atoms with E-state index in [0.717, 1.165) is 25.3 Å². The molecular weight excluding hydrogens is 206 g/mol. The van der Waals surface area contributed by atoms with Crippen LogP contribution >= 0.6 is 0 Å². The second kappa shape index (κ2) is 5.03.